The lowest BCUT2D eigenvalue weighted by Gasteiger charge is -2.34. The van der Waals surface area contributed by atoms with E-state index in [-0.39, 0.29) is 29.8 Å². The third kappa shape index (κ3) is 7.87. The molecule has 228 valence electrons. The summed E-state index contributed by atoms with van der Waals surface area (Å²) in [6, 6.07) is 32.5. The van der Waals surface area contributed by atoms with E-state index in [9.17, 15) is 18.0 Å². The van der Waals surface area contributed by atoms with E-state index in [0.29, 0.717) is 10.7 Å². The van der Waals surface area contributed by atoms with Crippen molar-refractivity contribution in [2.45, 2.75) is 55.6 Å². The molecule has 1 fully saturated rings. The van der Waals surface area contributed by atoms with Crippen LogP contribution >= 0.6 is 11.6 Å². The number of hydrogen-bond acceptors (Lipinski definition) is 4. The molecule has 0 heterocycles. The average Bonchev–Trinajstić information content (AvgIpc) is 3.56. The van der Waals surface area contributed by atoms with Gasteiger partial charge in [0.2, 0.25) is 11.8 Å². The van der Waals surface area contributed by atoms with Gasteiger partial charge >= 0.3 is 0 Å². The van der Waals surface area contributed by atoms with E-state index in [2.05, 4.69) is 5.32 Å². The molecule has 0 saturated heterocycles. The Labute approximate surface area is 264 Å². The molecule has 7 nitrogen and oxygen atoms in total. The molecule has 2 amide bonds. The number of carbonyl (C=O) groups excluding carboxylic acids is 2. The van der Waals surface area contributed by atoms with E-state index in [4.69, 9.17) is 11.6 Å². The van der Waals surface area contributed by atoms with Gasteiger partial charge in [-0.05, 0) is 60.4 Å². The Hall–Kier alpha value is -4.14. The maximum atomic E-state index is 14.5. The highest BCUT2D eigenvalue weighted by Crippen LogP contribution is 2.27. The SMILES string of the molecule is O=C(NC1CCCC1)[C@H](Cc1ccccc1)N(Cc1ccccc1)C(=O)CN(c1ccc(Cl)cc1)S(=O)(=O)c1ccccc1. The smallest absolute Gasteiger partial charge is 0.264 e. The predicted octanol–water partition coefficient (Wildman–Crippen LogP) is 6.23. The molecule has 0 radical (unpaired) electrons. The summed E-state index contributed by atoms with van der Waals surface area (Å²) in [5.74, 6) is -0.736. The van der Waals surface area contributed by atoms with Crippen LogP contribution in [0.3, 0.4) is 0 Å². The highest BCUT2D eigenvalue weighted by molar-refractivity contribution is 7.92. The summed E-state index contributed by atoms with van der Waals surface area (Å²) in [6.45, 7) is -0.372. The average molecular weight is 630 g/mol. The van der Waals surface area contributed by atoms with Gasteiger partial charge in [0.05, 0.1) is 10.6 Å². The first kappa shape index (κ1) is 31.3. The maximum absolute atomic E-state index is 14.5. The quantitative estimate of drug-likeness (QED) is 0.201. The summed E-state index contributed by atoms with van der Waals surface area (Å²) < 4.78 is 29.1. The molecule has 9 heteroatoms. The van der Waals surface area contributed by atoms with Crippen molar-refractivity contribution >= 4 is 39.1 Å². The molecule has 5 rings (SSSR count). The first-order valence-electron chi connectivity index (χ1n) is 14.8. The lowest BCUT2D eigenvalue weighted by atomic mass is 10.0. The highest BCUT2D eigenvalue weighted by atomic mass is 35.5. The fraction of sp³-hybridized carbons (Fsp3) is 0.257. The molecule has 1 N–H and O–H groups in total. The van der Waals surface area contributed by atoms with Gasteiger partial charge in [-0.3, -0.25) is 13.9 Å². The van der Waals surface area contributed by atoms with Crippen molar-refractivity contribution in [2.75, 3.05) is 10.8 Å². The second-order valence-corrected chi connectivity index (χ2v) is 13.3. The van der Waals surface area contributed by atoms with E-state index in [1.54, 1.807) is 42.5 Å². The Morgan fingerprint density at radius 3 is 1.91 bits per heavy atom. The number of anilines is 1. The number of carbonyl (C=O) groups is 2. The Balaban J connectivity index is 1.54. The van der Waals surface area contributed by atoms with Crippen molar-refractivity contribution in [3.8, 4) is 0 Å². The van der Waals surface area contributed by atoms with Crippen LogP contribution in [0.5, 0.6) is 0 Å². The van der Waals surface area contributed by atoms with Crippen molar-refractivity contribution < 1.29 is 18.0 Å². The van der Waals surface area contributed by atoms with Gasteiger partial charge in [-0.25, -0.2) is 8.42 Å². The topological polar surface area (TPSA) is 86.8 Å². The van der Waals surface area contributed by atoms with Crippen LogP contribution < -0.4 is 9.62 Å². The summed E-state index contributed by atoms with van der Waals surface area (Å²) >= 11 is 6.13. The van der Waals surface area contributed by atoms with E-state index in [1.165, 1.54) is 17.0 Å². The lowest BCUT2D eigenvalue weighted by Crippen LogP contribution is -2.54. The summed E-state index contributed by atoms with van der Waals surface area (Å²) in [5, 5.41) is 3.63. The fourth-order valence-electron chi connectivity index (χ4n) is 5.56. The number of benzene rings is 4. The molecule has 0 spiro atoms. The second-order valence-electron chi connectivity index (χ2n) is 11.0. The third-order valence-corrected chi connectivity index (χ3v) is 9.93. The first-order valence-corrected chi connectivity index (χ1v) is 16.6. The van der Waals surface area contributed by atoms with Crippen molar-refractivity contribution in [1.82, 2.24) is 10.2 Å². The van der Waals surface area contributed by atoms with Crippen LogP contribution in [0.2, 0.25) is 5.02 Å². The van der Waals surface area contributed by atoms with E-state index >= 15 is 0 Å². The molecule has 1 saturated carbocycles. The third-order valence-electron chi connectivity index (χ3n) is 7.89. The molecular weight excluding hydrogens is 594 g/mol. The molecule has 0 aromatic heterocycles. The summed E-state index contributed by atoms with van der Waals surface area (Å²) in [5.41, 5.74) is 2.02. The number of hydrogen-bond donors (Lipinski definition) is 1. The molecule has 0 aliphatic heterocycles. The summed E-state index contributed by atoms with van der Waals surface area (Å²) in [6.07, 6.45) is 4.18. The van der Waals surface area contributed by atoms with Gasteiger partial charge in [0, 0.05) is 24.0 Å². The molecular formula is C35H36ClN3O4S. The molecule has 1 aliphatic carbocycles. The van der Waals surface area contributed by atoms with Gasteiger partial charge in [0.1, 0.15) is 12.6 Å². The number of nitrogens with zero attached hydrogens (tertiary/aromatic N) is 2. The van der Waals surface area contributed by atoms with E-state index in [1.807, 2.05) is 60.7 Å². The van der Waals surface area contributed by atoms with Gasteiger partial charge in [-0.2, -0.15) is 0 Å². The minimum absolute atomic E-state index is 0.0529. The van der Waals surface area contributed by atoms with Crippen LogP contribution in [0.25, 0.3) is 0 Å². The largest absolute Gasteiger partial charge is 0.352 e. The minimum atomic E-state index is -4.15. The standard InChI is InChI=1S/C35H36ClN3O4S/c36-29-20-22-31(23-21-29)39(44(42,43)32-18-8-3-9-19-32)26-34(40)38(25-28-14-6-2-7-15-28)33(24-27-12-4-1-5-13-27)35(41)37-30-16-10-11-17-30/h1-9,12-15,18-23,30,33H,10-11,16-17,24-26H2,(H,37,41)/t33-/m0/s1. The van der Waals surface area contributed by atoms with Crippen LogP contribution in [0, 0.1) is 0 Å². The van der Waals surface area contributed by atoms with Crippen molar-refractivity contribution in [1.29, 1.82) is 0 Å². The second kappa shape index (κ2) is 14.6. The van der Waals surface area contributed by atoms with Crippen LogP contribution in [-0.4, -0.2) is 43.8 Å². The number of sulfonamides is 1. The van der Waals surface area contributed by atoms with Crippen LogP contribution in [0.1, 0.15) is 36.8 Å². The zero-order valence-corrected chi connectivity index (χ0v) is 26.0. The molecule has 4 aromatic rings. The molecule has 0 unspecified atom stereocenters. The van der Waals surface area contributed by atoms with Crippen molar-refractivity contribution in [3.63, 3.8) is 0 Å². The first-order chi connectivity index (χ1) is 21.3. The minimum Gasteiger partial charge on any atom is -0.352 e. The summed E-state index contributed by atoms with van der Waals surface area (Å²) in [4.78, 5) is 30.0. The van der Waals surface area contributed by atoms with Crippen molar-refractivity contribution in [2.24, 2.45) is 0 Å². The predicted molar refractivity (Wildman–Crippen MR) is 174 cm³/mol. The molecule has 4 aromatic carbocycles. The number of nitrogens with one attached hydrogen (secondary N) is 1. The van der Waals surface area contributed by atoms with Gasteiger partial charge in [-0.15, -0.1) is 0 Å². The fourth-order valence-corrected chi connectivity index (χ4v) is 7.12. The van der Waals surface area contributed by atoms with E-state index in [0.717, 1.165) is 41.1 Å². The normalized spacial score (nSPS) is 14.1. The molecule has 0 bridgehead atoms. The Morgan fingerprint density at radius 1 is 0.773 bits per heavy atom. The molecule has 1 atom stereocenters. The lowest BCUT2D eigenvalue weighted by molar-refractivity contribution is -0.140. The van der Waals surface area contributed by atoms with Gasteiger partial charge in [0.15, 0.2) is 0 Å². The zero-order valence-electron chi connectivity index (χ0n) is 24.4. The number of amides is 2. The van der Waals surface area contributed by atoms with Gasteiger partial charge in [0.25, 0.3) is 10.0 Å². The van der Waals surface area contributed by atoms with E-state index < -0.39 is 28.5 Å². The Kier molecular flexibility index (Phi) is 10.4. The summed E-state index contributed by atoms with van der Waals surface area (Å²) in [7, 11) is -4.15. The van der Waals surface area contributed by atoms with Gasteiger partial charge < -0.3 is 10.2 Å². The molecule has 44 heavy (non-hydrogen) atoms. The Bertz CT molecular complexity index is 1630. The zero-order chi connectivity index (χ0) is 30.9. The van der Waals surface area contributed by atoms with Crippen LogP contribution in [-0.2, 0) is 32.6 Å². The van der Waals surface area contributed by atoms with Gasteiger partial charge in [-0.1, -0.05) is 103 Å². The molecule has 1 aliphatic rings. The monoisotopic (exact) mass is 629 g/mol. The van der Waals surface area contributed by atoms with Crippen LogP contribution in [0.4, 0.5) is 5.69 Å². The maximum Gasteiger partial charge on any atom is 0.264 e. The van der Waals surface area contributed by atoms with Crippen LogP contribution in [0.15, 0.2) is 120 Å². The van der Waals surface area contributed by atoms with Crippen molar-refractivity contribution in [3.05, 3.63) is 131 Å². The number of rotatable bonds is 12. The Morgan fingerprint density at radius 2 is 1.32 bits per heavy atom. The highest BCUT2D eigenvalue weighted by Gasteiger charge is 2.35. The number of halogens is 1.